The van der Waals surface area contributed by atoms with Crippen molar-refractivity contribution in [3.63, 3.8) is 0 Å². The number of hydrogen-bond acceptors (Lipinski definition) is 4. The summed E-state index contributed by atoms with van der Waals surface area (Å²) in [6.07, 6.45) is 1.55. The van der Waals surface area contributed by atoms with E-state index in [0.717, 1.165) is 0 Å². The van der Waals surface area contributed by atoms with E-state index >= 15 is 0 Å². The molecule has 1 amide bonds. The number of benzene rings is 1. The first-order chi connectivity index (χ1) is 12.8. The number of hydrogen-bond donors (Lipinski definition) is 0. The number of carbonyl (C=O) groups excluding carboxylic acids is 1. The summed E-state index contributed by atoms with van der Waals surface area (Å²) in [5.74, 6) is 1.21. The number of furan rings is 1. The Morgan fingerprint density at radius 1 is 1.26 bits per heavy atom. The van der Waals surface area contributed by atoms with Crippen molar-refractivity contribution in [2.45, 2.75) is 38.8 Å². The smallest absolute Gasteiger partial charge is 0.223 e. The zero-order valence-corrected chi connectivity index (χ0v) is 17.3. The van der Waals surface area contributed by atoms with Gasteiger partial charge in [0.1, 0.15) is 11.5 Å². The Labute approximate surface area is 169 Å². The van der Waals surface area contributed by atoms with Crippen molar-refractivity contribution in [1.29, 1.82) is 0 Å². The molecule has 0 aliphatic carbocycles. The molecular weight excluding hydrogens is 409 g/mol. The normalized spacial score (nSPS) is 18.6. The zero-order valence-electron chi connectivity index (χ0n) is 15.0. The number of carbonyl (C=O) groups is 1. The second kappa shape index (κ2) is 8.25. The molecule has 1 saturated heterocycles. The minimum atomic E-state index is -3.09. The summed E-state index contributed by atoms with van der Waals surface area (Å²) in [5.41, 5.74) is 0.672. The number of rotatable bonds is 6. The van der Waals surface area contributed by atoms with E-state index < -0.39 is 9.84 Å². The Bertz CT molecular complexity index is 939. The summed E-state index contributed by atoms with van der Waals surface area (Å²) < 4.78 is 29.6. The predicted molar refractivity (Wildman–Crippen MR) is 107 cm³/mol. The minimum Gasteiger partial charge on any atom is -0.459 e. The lowest BCUT2D eigenvalue weighted by atomic mass is 10.1. The average molecular weight is 430 g/mol. The molecule has 0 saturated carbocycles. The fraction of sp³-hybridized carbons (Fsp3) is 0.421. The van der Waals surface area contributed by atoms with Crippen LogP contribution < -0.4 is 0 Å². The molecule has 0 spiro atoms. The second-order valence-electron chi connectivity index (χ2n) is 6.72. The van der Waals surface area contributed by atoms with Crippen molar-refractivity contribution in [1.82, 2.24) is 4.90 Å². The summed E-state index contributed by atoms with van der Waals surface area (Å²) in [5, 5.41) is 1.06. The average Bonchev–Trinajstić information content (AvgIpc) is 3.21. The minimum absolute atomic E-state index is 0.0101. The molecule has 1 aromatic carbocycles. The van der Waals surface area contributed by atoms with E-state index in [0.29, 0.717) is 46.4 Å². The molecular formula is C19H21Cl2NO4S. The highest BCUT2D eigenvalue weighted by Crippen LogP contribution is 2.32. The van der Waals surface area contributed by atoms with Crippen LogP contribution in [0.25, 0.3) is 11.3 Å². The molecule has 1 aromatic heterocycles. The van der Waals surface area contributed by atoms with Crippen molar-refractivity contribution >= 4 is 38.9 Å². The van der Waals surface area contributed by atoms with Gasteiger partial charge >= 0.3 is 0 Å². The van der Waals surface area contributed by atoms with E-state index in [2.05, 4.69) is 0 Å². The lowest BCUT2D eigenvalue weighted by Crippen LogP contribution is -2.40. The number of nitrogens with zero attached hydrogens (tertiary/aromatic N) is 1. The maximum atomic E-state index is 12.6. The highest BCUT2D eigenvalue weighted by Gasteiger charge is 2.34. The van der Waals surface area contributed by atoms with Crippen LogP contribution >= 0.6 is 23.2 Å². The van der Waals surface area contributed by atoms with Gasteiger partial charge in [-0.2, -0.15) is 0 Å². The van der Waals surface area contributed by atoms with Crippen molar-refractivity contribution in [2.24, 2.45) is 0 Å². The Morgan fingerprint density at radius 2 is 2.04 bits per heavy atom. The van der Waals surface area contributed by atoms with Gasteiger partial charge in [-0.05, 0) is 43.2 Å². The number of amides is 1. The maximum absolute atomic E-state index is 12.6. The van der Waals surface area contributed by atoms with Crippen LogP contribution in [0.15, 0.2) is 34.7 Å². The molecule has 0 bridgehead atoms. The molecule has 0 N–H and O–H groups in total. The van der Waals surface area contributed by atoms with E-state index in [9.17, 15) is 13.2 Å². The molecule has 1 unspecified atom stereocenters. The topological polar surface area (TPSA) is 67.6 Å². The van der Waals surface area contributed by atoms with Crippen LogP contribution in [0.5, 0.6) is 0 Å². The molecule has 1 aliphatic heterocycles. The Balaban J connectivity index is 1.83. The van der Waals surface area contributed by atoms with Gasteiger partial charge in [-0.1, -0.05) is 30.1 Å². The van der Waals surface area contributed by atoms with Crippen molar-refractivity contribution < 1.29 is 17.6 Å². The first-order valence-corrected chi connectivity index (χ1v) is 11.4. The van der Waals surface area contributed by atoms with Gasteiger partial charge in [0.15, 0.2) is 9.84 Å². The van der Waals surface area contributed by atoms with Crippen LogP contribution in [0.3, 0.4) is 0 Å². The highest BCUT2D eigenvalue weighted by molar-refractivity contribution is 7.91. The third-order valence-electron chi connectivity index (χ3n) is 4.62. The van der Waals surface area contributed by atoms with Gasteiger partial charge in [-0.25, -0.2) is 8.42 Å². The Hall–Kier alpha value is -1.50. The molecule has 2 aromatic rings. The SMILES string of the molecule is CCCC(=O)N(Cc1ccc(-c2cc(Cl)ccc2Cl)o1)C1CCS(=O)(=O)C1. The van der Waals surface area contributed by atoms with Crippen LogP contribution in [-0.4, -0.2) is 36.8 Å². The van der Waals surface area contributed by atoms with Crippen molar-refractivity contribution in [3.05, 3.63) is 46.1 Å². The number of sulfone groups is 1. The fourth-order valence-electron chi connectivity index (χ4n) is 3.26. The summed E-state index contributed by atoms with van der Waals surface area (Å²) in [4.78, 5) is 14.2. The Morgan fingerprint density at radius 3 is 2.70 bits per heavy atom. The van der Waals surface area contributed by atoms with Gasteiger partial charge in [0, 0.05) is 23.0 Å². The van der Waals surface area contributed by atoms with Crippen molar-refractivity contribution in [2.75, 3.05) is 11.5 Å². The molecule has 5 nitrogen and oxygen atoms in total. The molecule has 27 heavy (non-hydrogen) atoms. The molecule has 1 aliphatic rings. The zero-order chi connectivity index (χ0) is 19.6. The third-order valence-corrected chi connectivity index (χ3v) is 6.93. The summed E-state index contributed by atoms with van der Waals surface area (Å²) in [6.45, 7) is 2.16. The monoisotopic (exact) mass is 429 g/mol. The van der Waals surface area contributed by atoms with E-state index in [-0.39, 0.29) is 30.0 Å². The van der Waals surface area contributed by atoms with E-state index in [1.54, 1.807) is 35.2 Å². The Kier molecular flexibility index (Phi) is 6.18. The van der Waals surface area contributed by atoms with E-state index in [1.165, 1.54) is 0 Å². The van der Waals surface area contributed by atoms with E-state index in [4.69, 9.17) is 27.6 Å². The van der Waals surface area contributed by atoms with Crippen LogP contribution in [-0.2, 0) is 21.2 Å². The standard InChI is InChI=1S/C19H21Cl2NO4S/c1-2-3-19(23)22(14-8-9-27(24,25)12-14)11-15-5-7-18(26-15)16-10-13(20)4-6-17(16)21/h4-7,10,14H,2-3,8-9,11-12H2,1H3. The predicted octanol–water partition coefficient (Wildman–Crippen LogP) is 4.57. The van der Waals surface area contributed by atoms with Gasteiger partial charge < -0.3 is 9.32 Å². The van der Waals surface area contributed by atoms with Crippen LogP contribution in [0.2, 0.25) is 10.0 Å². The molecule has 2 heterocycles. The highest BCUT2D eigenvalue weighted by atomic mass is 35.5. The van der Waals surface area contributed by atoms with Gasteiger partial charge in [0.2, 0.25) is 5.91 Å². The van der Waals surface area contributed by atoms with E-state index in [1.807, 2.05) is 6.92 Å². The molecule has 0 radical (unpaired) electrons. The first kappa shape index (κ1) is 20.2. The molecule has 8 heteroatoms. The fourth-order valence-corrected chi connectivity index (χ4v) is 5.37. The van der Waals surface area contributed by atoms with Crippen LogP contribution in [0.1, 0.15) is 31.9 Å². The molecule has 1 atom stereocenters. The number of halogens is 2. The van der Waals surface area contributed by atoms with Gasteiger partial charge in [0.25, 0.3) is 0 Å². The van der Waals surface area contributed by atoms with Gasteiger partial charge in [0.05, 0.1) is 23.1 Å². The van der Waals surface area contributed by atoms with Gasteiger partial charge in [-0.15, -0.1) is 0 Å². The lowest BCUT2D eigenvalue weighted by molar-refractivity contribution is -0.134. The lowest BCUT2D eigenvalue weighted by Gasteiger charge is -2.27. The largest absolute Gasteiger partial charge is 0.459 e. The first-order valence-electron chi connectivity index (χ1n) is 8.83. The summed E-state index contributed by atoms with van der Waals surface area (Å²) >= 11 is 12.3. The molecule has 1 fully saturated rings. The second-order valence-corrected chi connectivity index (χ2v) is 9.79. The van der Waals surface area contributed by atoms with Gasteiger partial charge in [-0.3, -0.25) is 4.79 Å². The summed E-state index contributed by atoms with van der Waals surface area (Å²) in [7, 11) is -3.09. The maximum Gasteiger partial charge on any atom is 0.223 e. The third kappa shape index (κ3) is 4.86. The van der Waals surface area contributed by atoms with Crippen LogP contribution in [0, 0.1) is 0 Å². The van der Waals surface area contributed by atoms with Crippen LogP contribution in [0.4, 0.5) is 0 Å². The summed E-state index contributed by atoms with van der Waals surface area (Å²) in [6, 6.07) is 8.36. The molecule has 146 valence electrons. The van der Waals surface area contributed by atoms with Crippen molar-refractivity contribution in [3.8, 4) is 11.3 Å². The quantitative estimate of drug-likeness (QED) is 0.674. The molecule has 3 rings (SSSR count).